The number of carbonyl (C=O) groups excluding carboxylic acids is 1. The van der Waals surface area contributed by atoms with Crippen LogP contribution in [0.1, 0.15) is 23.6 Å². The Morgan fingerprint density at radius 1 is 0.968 bits per heavy atom. The highest BCUT2D eigenvalue weighted by Gasteiger charge is 2.34. The molecular formula is C19H18F6N2O3S. The Kier molecular flexibility index (Phi) is 6.94. The topological polar surface area (TPSA) is 66.5 Å². The Morgan fingerprint density at radius 3 is 2.00 bits per heavy atom. The summed E-state index contributed by atoms with van der Waals surface area (Å²) in [5.74, 6) is -0.903. The Hall–Kier alpha value is -2.76. The van der Waals surface area contributed by atoms with E-state index in [2.05, 4.69) is 5.32 Å². The summed E-state index contributed by atoms with van der Waals surface area (Å²) in [4.78, 5) is 12.5. The van der Waals surface area contributed by atoms with Gasteiger partial charge in [-0.2, -0.15) is 26.3 Å². The van der Waals surface area contributed by atoms with Crippen molar-refractivity contribution in [1.29, 1.82) is 0 Å². The van der Waals surface area contributed by atoms with Crippen LogP contribution in [0.25, 0.3) is 0 Å². The molecule has 170 valence electrons. The van der Waals surface area contributed by atoms with Crippen LogP contribution in [-0.4, -0.2) is 26.6 Å². The molecule has 0 aromatic heterocycles. The summed E-state index contributed by atoms with van der Waals surface area (Å²) >= 11 is 0. The number of nitrogens with one attached hydrogen (secondary N) is 1. The largest absolute Gasteiger partial charge is 0.416 e. The molecule has 5 nitrogen and oxygen atoms in total. The van der Waals surface area contributed by atoms with Gasteiger partial charge in [-0.3, -0.25) is 9.10 Å². The van der Waals surface area contributed by atoms with Gasteiger partial charge in [0.15, 0.2) is 0 Å². The predicted octanol–water partition coefficient (Wildman–Crippen LogP) is 4.20. The van der Waals surface area contributed by atoms with E-state index in [9.17, 15) is 39.6 Å². The first-order chi connectivity index (χ1) is 14.1. The molecule has 0 fully saturated rings. The van der Waals surface area contributed by atoms with Crippen molar-refractivity contribution in [2.24, 2.45) is 0 Å². The summed E-state index contributed by atoms with van der Waals surface area (Å²) in [7, 11) is -4.18. The first-order valence-corrected chi connectivity index (χ1v) is 10.6. The molecule has 0 aliphatic heterocycles. The maximum absolute atomic E-state index is 13.0. The minimum absolute atomic E-state index is 0.111. The zero-order valence-electron chi connectivity index (χ0n) is 16.3. The van der Waals surface area contributed by atoms with Gasteiger partial charge in [0.1, 0.15) is 6.04 Å². The van der Waals surface area contributed by atoms with Crippen molar-refractivity contribution in [2.75, 3.05) is 10.6 Å². The van der Waals surface area contributed by atoms with Gasteiger partial charge in [0.2, 0.25) is 15.9 Å². The Balaban J connectivity index is 2.25. The number of rotatable bonds is 6. The van der Waals surface area contributed by atoms with Crippen molar-refractivity contribution in [3.8, 4) is 0 Å². The molecule has 2 aromatic rings. The fraction of sp³-hybridized carbons (Fsp3) is 0.316. The van der Waals surface area contributed by atoms with Crippen LogP contribution in [0.2, 0.25) is 0 Å². The fourth-order valence-corrected chi connectivity index (χ4v) is 3.99. The Bertz CT molecular complexity index is 1050. The predicted molar refractivity (Wildman–Crippen MR) is 102 cm³/mol. The number of halogens is 6. The van der Waals surface area contributed by atoms with E-state index in [-0.39, 0.29) is 17.8 Å². The normalized spacial score (nSPS) is 13.5. The second kappa shape index (κ2) is 8.77. The van der Waals surface area contributed by atoms with Crippen molar-refractivity contribution in [1.82, 2.24) is 5.32 Å². The van der Waals surface area contributed by atoms with E-state index in [4.69, 9.17) is 0 Å². The highest BCUT2D eigenvalue weighted by Crippen LogP contribution is 2.33. The number of nitrogens with zero attached hydrogens (tertiary/aromatic N) is 1. The third-order valence-electron chi connectivity index (χ3n) is 4.24. The van der Waals surface area contributed by atoms with Gasteiger partial charge >= 0.3 is 12.4 Å². The molecule has 0 spiro atoms. The van der Waals surface area contributed by atoms with Gasteiger partial charge in [0.25, 0.3) is 0 Å². The second-order valence-electron chi connectivity index (χ2n) is 6.70. The zero-order chi connectivity index (χ0) is 23.6. The summed E-state index contributed by atoms with van der Waals surface area (Å²) in [6.45, 7) is 0.816. The van der Waals surface area contributed by atoms with E-state index in [0.717, 1.165) is 49.6 Å². The van der Waals surface area contributed by atoms with Gasteiger partial charge in [0, 0.05) is 6.54 Å². The molecule has 0 heterocycles. The van der Waals surface area contributed by atoms with Crippen molar-refractivity contribution in [2.45, 2.75) is 31.9 Å². The SMILES string of the molecule is C[C@@H](C(=O)NCc1cccc(C(F)(F)F)c1)N(c1cccc(C(F)(F)F)c1)S(C)(=O)=O. The molecule has 1 N–H and O–H groups in total. The number of carbonyl (C=O) groups is 1. The number of hydrogen-bond donors (Lipinski definition) is 1. The monoisotopic (exact) mass is 468 g/mol. The lowest BCUT2D eigenvalue weighted by Gasteiger charge is -2.28. The van der Waals surface area contributed by atoms with Crippen LogP contribution in [-0.2, 0) is 33.7 Å². The van der Waals surface area contributed by atoms with Crippen molar-refractivity contribution >= 4 is 21.6 Å². The highest BCUT2D eigenvalue weighted by atomic mass is 32.2. The lowest BCUT2D eigenvalue weighted by molar-refractivity contribution is -0.138. The fourth-order valence-electron chi connectivity index (χ4n) is 2.82. The van der Waals surface area contributed by atoms with Gasteiger partial charge < -0.3 is 5.32 Å². The van der Waals surface area contributed by atoms with E-state index in [0.29, 0.717) is 10.4 Å². The molecule has 0 aliphatic rings. The maximum Gasteiger partial charge on any atom is 0.416 e. The van der Waals surface area contributed by atoms with E-state index >= 15 is 0 Å². The molecule has 0 unspecified atom stereocenters. The van der Waals surface area contributed by atoms with Crippen LogP contribution in [0, 0.1) is 0 Å². The van der Waals surface area contributed by atoms with Gasteiger partial charge in [-0.15, -0.1) is 0 Å². The van der Waals surface area contributed by atoms with Gasteiger partial charge in [-0.05, 0) is 42.8 Å². The van der Waals surface area contributed by atoms with Crippen LogP contribution in [0.4, 0.5) is 32.0 Å². The molecule has 0 saturated heterocycles. The van der Waals surface area contributed by atoms with E-state index in [1.807, 2.05) is 0 Å². The number of hydrogen-bond acceptors (Lipinski definition) is 3. The van der Waals surface area contributed by atoms with E-state index < -0.39 is 45.5 Å². The van der Waals surface area contributed by atoms with E-state index in [1.165, 1.54) is 6.07 Å². The number of sulfonamides is 1. The molecule has 2 rings (SSSR count). The standard InChI is InChI=1S/C19H18F6N2O3S/c1-12(17(28)26-11-13-5-3-6-14(9-13)18(20,21)22)27(31(2,29)30)16-8-4-7-15(10-16)19(23,24)25/h3-10,12H,11H2,1-2H3,(H,26,28)/t12-/m0/s1. The maximum atomic E-state index is 13.0. The van der Waals surface area contributed by atoms with Crippen LogP contribution in [0.5, 0.6) is 0 Å². The molecule has 12 heteroatoms. The molecule has 1 amide bonds. The summed E-state index contributed by atoms with van der Waals surface area (Å²) < 4.78 is 102. The number of alkyl halides is 6. The number of amides is 1. The lowest BCUT2D eigenvalue weighted by Crippen LogP contribution is -2.47. The first-order valence-electron chi connectivity index (χ1n) is 8.71. The average Bonchev–Trinajstić information content (AvgIpc) is 2.64. The van der Waals surface area contributed by atoms with Crippen LogP contribution in [0.3, 0.4) is 0 Å². The number of benzene rings is 2. The second-order valence-corrected chi connectivity index (χ2v) is 8.56. The zero-order valence-corrected chi connectivity index (χ0v) is 17.1. The minimum Gasteiger partial charge on any atom is -0.350 e. The van der Waals surface area contributed by atoms with Crippen molar-refractivity contribution in [3.05, 3.63) is 65.2 Å². The van der Waals surface area contributed by atoms with Crippen LogP contribution < -0.4 is 9.62 Å². The molecule has 0 radical (unpaired) electrons. The minimum atomic E-state index is -4.73. The van der Waals surface area contributed by atoms with Gasteiger partial charge in [0.05, 0.1) is 23.1 Å². The Labute approximate surface area is 174 Å². The molecule has 31 heavy (non-hydrogen) atoms. The van der Waals surface area contributed by atoms with E-state index in [1.54, 1.807) is 0 Å². The summed E-state index contributed by atoms with van der Waals surface area (Å²) in [5.41, 5.74) is -2.29. The quantitative estimate of drug-likeness (QED) is 0.647. The molecule has 0 saturated carbocycles. The smallest absolute Gasteiger partial charge is 0.350 e. The highest BCUT2D eigenvalue weighted by molar-refractivity contribution is 7.92. The number of anilines is 1. The summed E-state index contributed by atoms with van der Waals surface area (Å²) in [6, 6.07) is 6.15. The summed E-state index contributed by atoms with van der Waals surface area (Å²) in [5, 5.41) is 2.31. The Morgan fingerprint density at radius 2 is 1.48 bits per heavy atom. The molecule has 1 atom stereocenters. The van der Waals surface area contributed by atoms with Crippen molar-refractivity contribution < 1.29 is 39.6 Å². The molecule has 0 bridgehead atoms. The summed E-state index contributed by atoms with van der Waals surface area (Å²) in [6.07, 6.45) is -8.58. The lowest BCUT2D eigenvalue weighted by atomic mass is 10.1. The third-order valence-corrected chi connectivity index (χ3v) is 5.48. The molecule has 2 aromatic carbocycles. The molecular weight excluding hydrogens is 450 g/mol. The first kappa shape index (κ1) is 24.5. The average molecular weight is 468 g/mol. The van der Waals surface area contributed by atoms with Crippen molar-refractivity contribution in [3.63, 3.8) is 0 Å². The van der Waals surface area contributed by atoms with Crippen LogP contribution in [0.15, 0.2) is 48.5 Å². The third kappa shape index (κ3) is 6.36. The van der Waals surface area contributed by atoms with Crippen LogP contribution >= 0.6 is 0 Å². The molecule has 0 aliphatic carbocycles. The van der Waals surface area contributed by atoms with Gasteiger partial charge in [-0.25, -0.2) is 8.42 Å². The van der Waals surface area contributed by atoms with Gasteiger partial charge in [-0.1, -0.05) is 18.2 Å².